The highest BCUT2D eigenvalue weighted by molar-refractivity contribution is 7.92. The maximum Gasteiger partial charge on any atom is 0.266 e. The van der Waals surface area contributed by atoms with Crippen LogP contribution in [0.15, 0.2) is 17.0 Å². The molecule has 6 nitrogen and oxygen atoms in total. The lowest BCUT2D eigenvalue weighted by Crippen LogP contribution is -2.16. The summed E-state index contributed by atoms with van der Waals surface area (Å²) < 4.78 is 53.0. The van der Waals surface area contributed by atoms with Crippen LogP contribution in [-0.2, 0) is 10.0 Å². The Morgan fingerprint density at radius 1 is 1.30 bits per heavy atom. The summed E-state index contributed by atoms with van der Waals surface area (Å²) in [5.41, 5.74) is 6.35. The number of halogens is 2. The third-order valence-corrected chi connectivity index (χ3v) is 4.13. The number of hydrogen-bond donors (Lipinski definition) is 3. The van der Waals surface area contributed by atoms with Crippen molar-refractivity contribution in [3.05, 3.63) is 35.0 Å². The second-order valence-electron chi connectivity index (χ2n) is 4.24. The molecule has 0 aliphatic heterocycles. The number of benzene rings is 1. The number of anilines is 2. The molecule has 2 aromatic rings. The smallest absolute Gasteiger partial charge is 0.266 e. The molecule has 0 unspecified atom stereocenters. The van der Waals surface area contributed by atoms with Crippen LogP contribution in [-0.4, -0.2) is 18.6 Å². The Morgan fingerprint density at radius 3 is 2.50 bits per heavy atom. The van der Waals surface area contributed by atoms with Gasteiger partial charge in [-0.05, 0) is 26.0 Å². The summed E-state index contributed by atoms with van der Waals surface area (Å²) >= 11 is 0. The summed E-state index contributed by atoms with van der Waals surface area (Å²) in [6.45, 7) is 3.33. The number of nitrogens with zero attached hydrogens (tertiary/aromatic N) is 1. The fraction of sp³-hybridized carbons (Fsp3) is 0.182. The van der Waals surface area contributed by atoms with Gasteiger partial charge in [0.2, 0.25) is 0 Å². The SMILES string of the molecule is Cc1[nH]nc(NS(=O)(=O)c2cc(N)cc(F)c2F)c1C. The molecule has 1 aromatic carbocycles. The Labute approximate surface area is 114 Å². The molecule has 9 heteroatoms. The monoisotopic (exact) mass is 302 g/mol. The molecule has 1 aromatic heterocycles. The molecule has 20 heavy (non-hydrogen) atoms. The van der Waals surface area contributed by atoms with Gasteiger partial charge in [0.25, 0.3) is 10.0 Å². The molecular formula is C11H12F2N4O2S. The van der Waals surface area contributed by atoms with Gasteiger partial charge in [-0.3, -0.25) is 9.82 Å². The van der Waals surface area contributed by atoms with Crippen LogP contribution in [0.5, 0.6) is 0 Å². The Hall–Kier alpha value is -2.16. The standard InChI is InChI=1S/C11H12F2N4O2S/c1-5-6(2)15-16-11(5)17-20(18,19)9-4-7(14)3-8(12)10(9)13/h3-4H,14H2,1-2H3,(H2,15,16,17). The number of aryl methyl sites for hydroxylation is 1. The summed E-state index contributed by atoms with van der Waals surface area (Å²) in [6, 6.07) is 1.55. The van der Waals surface area contributed by atoms with Crippen LogP contribution in [0.4, 0.5) is 20.3 Å². The van der Waals surface area contributed by atoms with Crippen molar-refractivity contribution >= 4 is 21.5 Å². The molecule has 2 rings (SSSR count). The second-order valence-corrected chi connectivity index (χ2v) is 5.89. The van der Waals surface area contributed by atoms with Gasteiger partial charge in [0, 0.05) is 16.9 Å². The summed E-state index contributed by atoms with van der Waals surface area (Å²) in [6.07, 6.45) is 0. The van der Waals surface area contributed by atoms with E-state index in [0.717, 1.165) is 6.07 Å². The van der Waals surface area contributed by atoms with E-state index in [1.54, 1.807) is 13.8 Å². The number of rotatable bonds is 3. The van der Waals surface area contributed by atoms with Gasteiger partial charge in [-0.15, -0.1) is 0 Å². The van der Waals surface area contributed by atoms with Crippen LogP contribution in [0.25, 0.3) is 0 Å². The first-order valence-corrected chi connectivity index (χ1v) is 6.99. The first kappa shape index (κ1) is 14.3. The third-order valence-electron chi connectivity index (χ3n) is 2.79. The quantitative estimate of drug-likeness (QED) is 0.751. The van der Waals surface area contributed by atoms with Gasteiger partial charge in [-0.2, -0.15) is 5.10 Å². The van der Waals surface area contributed by atoms with Crippen molar-refractivity contribution in [1.29, 1.82) is 0 Å². The van der Waals surface area contributed by atoms with Crippen LogP contribution < -0.4 is 10.5 Å². The predicted molar refractivity (Wildman–Crippen MR) is 69.6 cm³/mol. The van der Waals surface area contributed by atoms with Gasteiger partial charge in [0.05, 0.1) is 0 Å². The highest BCUT2D eigenvalue weighted by Gasteiger charge is 2.24. The third kappa shape index (κ3) is 2.44. The van der Waals surface area contributed by atoms with Crippen molar-refractivity contribution in [2.75, 3.05) is 10.5 Å². The van der Waals surface area contributed by atoms with E-state index in [0.29, 0.717) is 17.3 Å². The van der Waals surface area contributed by atoms with E-state index in [4.69, 9.17) is 5.73 Å². The van der Waals surface area contributed by atoms with Gasteiger partial charge >= 0.3 is 0 Å². The van der Waals surface area contributed by atoms with E-state index in [-0.39, 0.29) is 11.5 Å². The number of aromatic amines is 1. The highest BCUT2D eigenvalue weighted by atomic mass is 32.2. The zero-order valence-corrected chi connectivity index (χ0v) is 11.5. The maximum atomic E-state index is 13.6. The molecule has 0 saturated heterocycles. The lowest BCUT2D eigenvalue weighted by Gasteiger charge is -2.09. The number of nitrogens with one attached hydrogen (secondary N) is 2. The minimum atomic E-state index is -4.33. The van der Waals surface area contributed by atoms with Crippen LogP contribution in [0.1, 0.15) is 11.3 Å². The molecule has 0 aliphatic rings. The van der Waals surface area contributed by atoms with Crippen molar-refractivity contribution in [2.45, 2.75) is 18.7 Å². The molecule has 0 atom stereocenters. The molecular weight excluding hydrogens is 290 g/mol. The van der Waals surface area contributed by atoms with Crippen LogP contribution >= 0.6 is 0 Å². The molecule has 0 saturated carbocycles. The average molecular weight is 302 g/mol. The van der Waals surface area contributed by atoms with Gasteiger partial charge in [0.1, 0.15) is 4.90 Å². The number of aromatic nitrogens is 2. The van der Waals surface area contributed by atoms with E-state index < -0.39 is 26.6 Å². The molecule has 4 N–H and O–H groups in total. The Morgan fingerprint density at radius 2 is 1.95 bits per heavy atom. The summed E-state index contributed by atoms with van der Waals surface area (Å²) in [7, 11) is -4.33. The molecule has 0 bridgehead atoms. The van der Waals surface area contributed by atoms with Crippen molar-refractivity contribution < 1.29 is 17.2 Å². The Bertz CT molecular complexity index is 771. The second kappa shape index (κ2) is 4.75. The number of nitrogens with two attached hydrogens (primary N) is 1. The lowest BCUT2D eigenvalue weighted by molar-refractivity contribution is 0.486. The van der Waals surface area contributed by atoms with E-state index in [1.807, 2.05) is 0 Å². The van der Waals surface area contributed by atoms with Gasteiger partial charge in [-0.1, -0.05) is 0 Å². The summed E-state index contributed by atoms with van der Waals surface area (Å²) in [4.78, 5) is -0.866. The number of hydrogen-bond acceptors (Lipinski definition) is 4. The molecule has 0 radical (unpaired) electrons. The Balaban J connectivity index is 2.49. The fourth-order valence-corrected chi connectivity index (χ4v) is 2.73. The zero-order chi connectivity index (χ0) is 15.1. The van der Waals surface area contributed by atoms with E-state index in [1.165, 1.54) is 0 Å². The normalized spacial score (nSPS) is 11.6. The fourth-order valence-electron chi connectivity index (χ4n) is 1.55. The first-order chi connectivity index (χ1) is 9.22. The molecule has 1 heterocycles. The molecule has 0 spiro atoms. The van der Waals surface area contributed by atoms with Gasteiger partial charge in [-0.25, -0.2) is 17.2 Å². The number of H-pyrrole nitrogens is 1. The van der Waals surface area contributed by atoms with E-state index >= 15 is 0 Å². The van der Waals surface area contributed by atoms with E-state index in [9.17, 15) is 17.2 Å². The van der Waals surface area contributed by atoms with Crippen molar-refractivity contribution in [2.24, 2.45) is 0 Å². The van der Waals surface area contributed by atoms with Gasteiger partial charge in [0.15, 0.2) is 17.5 Å². The van der Waals surface area contributed by atoms with Crippen molar-refractivity contribution in [3.63, 3.8) is 0 Å². The molecule has 108 valence electrons. The maximum absolute atomic E-state index is 13.6. The predicted octanol–water partition coefficient (Wildman–Crippen LogP) is 1.69. The summed E-state index contributed by atoms with van der Waals surface area (Å²) in [5.74, 6) is -2.80. The highest BCUT2D eigenvalue weighted by Crippen LogP contribution is 2.24. The topological polar surface area (TPSA) is 101 Å². The number of nitrogen functional groups attached to an aromatic ring is 1. The lowest BCUT2D eigenvalue weighted by atomic mass is 10.3. The Kier molecular flexibility index (Phi) is 3.38. The van der Waals surface area contributed by atoms with Crippen LogP contribution in [0.2, 0.25) is 0 Å². The molecule has 0 fully saturated rings. The van der Waals surface area contributed by atoms with Crippen LogP contribution in [0.3, 0.4) is 0 Å². The minimum absolute atomic E-state index is 0.0183. The van der Waals surface area contributed by atoms with Gasteiger partial charge < -0.3 is 5.73 Å². The van der Waals surface area contributed by atoms with Crippen molar-refractivity contribution in [3.8, 4) is 0 Å². The largest absolute Gasteiger partial charge is 0.399 e. The molecule has 0 aliphatic carbocycles. The number of sulfonamides is 1. The minimum Gasteiger partial charge on any atom is -0.399 e. The zero-order valence-electron chi connectivity index (χ0n) is 10.7. The average Bonchev–Trinajstić information content (AvgIpc) is 2.65. The van der Waals surface area contributed by atoms with Crippen molar-refractivity contribution in [1.82, 2.24) is 10.2 Å². The summed E-state index contributed by atoms with van der Waals surface area (Å²) in [5, 5.41) is 6.32. The first-order valence-electron chi connectivity index (χ1n) is 5.51. The van der Waals surface area contributed by atoms with Crippen LogP contribution in [0, 0.1) is 25.5 Å². The molecule has 0 amide bonds. The van der Waals surface area contributed by atoms with E-state index in [2.05, 4.69) is 14.9 Å².